The summed E-state index contributed by atoms with van der Waals surface area (Å²) in [5.74, 6) is 0. The summed E-state index contributed by atoms with van der Waals surface area (Å²) in [6.45, 7) is 0. The largest absolute Gasteiger partial charge is 0.455 e. The molecule has 0 radical (unpaired) electrons. The molecule has 1 N–H and O–H groups in total. The van der Waals surface area contributed by atoms with E-state index in [9.17, 15) is 0 Å². The number of fused-ring (bicyclic) bond motifs is 6. The van der Waals surface area contributed by atoms with Gasteiger partial charge in [-0.25, -0.2) is 0 Å². The van der Waals surface area contributed by atoms with Crippen molar-refractivity contribution in [2.24, 2.45) is 0 Å². The van der Waals surface area contributed by atoms with Crippen molar-refractivity contribution < 1.29 is 4.42 Å². The Balaban J connectivity index is 1.38. The Morgan fingerprint density at radius 3 is 1.43 bits per heavy atom. The molecule has 0 aliphatic heterocycles. The van der Waals surface area contributed by atoms with E-state index in [0.29, 0.717) is 0 Å². The number of H-pyrrole nitrogens is 1. The van der Waals surface area contributed by atoms with Crippen molar-refractivity contribution in [2.75, 3.05) is 0 Å². The van der Waals surface area contributed by atoms with Crippen LogP contribution < -0.4 is 0 Å². The molecule has 0 saturated heterocycles. The summed E-state index contributed by atoms with van der Waals surface area (Å²) in [5.41, 5.74) is 13.2. The molecule has 0 amide bonds. The average Bonchev–Trinajstić information content (AvgIpc) is 3.66. The molecular formula is C42H27NO. The van der Waals surface area contributed by atoms with Gasteiger partial charge in [-0.05, 0) is 69.8 Å². The Morgan fingerprint density at radius 2 is 0.818 bits per heavy atom. The highest BCUT2D eigenvalue weighted by Crippen LogP contribution is 2.44. The Labute approximate surface area is 254 Å². The summed E-state index contributed by atoms with van der Waals surface area (Å²) in [6.07, 6.45) is 0. The van der Waals surface area contributed by atoms with E-state index in [4.69, 9.17) is 4.42 Å². The van der Waals surface area contributed by atoms with Gasteiger partial charge in [-0.2, -0.15) is 0 Å². The first-order valence-electron chi connectivity index (χ1n) is 15.0. The fourth-order valence-corrected chi connectivity index (χ4v) is 6.64. The predicted molar refractivity (Wildman–Crippen MR) is 185 cm³/mol. The van der Waals surface area contributed by atoms with Gasteiger partial charge in [-0.1, -0.05) is 121 Å². The zero-order valence-electron chi connectivity index (χ0n) is 23.9. The van der Waals surface area contributed by atoms with E-state index in [1.54, 1.807) is 0 Å². The van der Waals surface area contributed by atoms with Gasteiger partial charge in [0.2, 0.25) is 0 Å². The van der Waals surface area contributed by atoms with Crippen molar-refractivity contribution in [3.8, 4) is 44.5 Å². The Morgan fingerprint density at radius 1 is 0.318 bits per heavy atom. The molecule has 2 aromatic heterocycles. The number of nitrogens with one attached hydrogen (secondary N) is 1. The second-order valence-electron chi connectivity index (χ2n) is 11.4. The number of hydrogen-bond donors (Lipinski definition) is 1. The van der Waals surface area contributed by atoms with Crippen LogP contribution in [0.15, 0.2) is 162 Å². The summed E-state index contributed by atoms with van der Waals surface area (Å²) in [7, 11) is 0. The van der Waals surface area contributed by atoms with Crippen molar-refractivity contribution in [1.82, 2.24) is 4.98 Å². The van der Waals surface area contributed by atoms with Crippen LogP contribution in [0.1, 0.15) is 0 Å². The topological polar surface area (TPSA) is 28.9 Å². The minimum atomic E-state index is 0.900. The maximum atomic E-state index is 6.97. The third-order valence-corrected chi connectivity index (χ3v) is 8.79. The van der Waals surface area contributed by atoms with Gasteiger partial charge in [0.1, 0.15) is 11.2 Å². The van der Waals surface area contributed by atoms with Crippen LogP contribution in [0.4, 0.5) is 0 Å². The number of benzene rings is 7. The van der Waals surface area contributed by atoms with Gasteiger partial charge < -0.3 is 9.40 Å². The maximum Gasteiger partial charge on any atom is 0.143 e. The van der Waals surface area contributed by atoms with E-state index in [2.05, 4.69) is 163 Å². The second kappa shape index (κ2) is 9.86. The molecular weight excluding hydrogens is 534 g/mol. The van der Waals surface area contributed by atoms with Gasteiger partial charge in [0.05, 0.1) is 0 Å². The average molecular weight is 562 g/mol. The number of aromatic nitrogens is 1. The molecule has 0 saturated carbocycles. The van der Waals surface area contributed by atoms with Gasteiger partial charge >= 0.3 is 0 Å². The van der Waals surface area contributed by atoms with Crippen LogP contribution >= 0.6 is 0 Å². The highest BCUT2D eigenvalue weighted by atomic mass is 16.3. The lowest BCUT2D eigenvalue weighted by Gasteiger charge is -2.09. The van der Waals surface area contributed by atoms with E-state index in [1.807, 2.05) is 0 Å². The molecule has 7 aromatic carbocycles. The summed E-state index contributed by atoms with van der Waals surface area (Å²) in [5, 5.41) is 4.69. The maximum absolute atomic E-state index is 6.97. The van der Waals surface area contributed by atoms with Crippen molar-refractivity contribution >= 4 is 43.7 Å². The van der Waals surface area contributed by atoms with Crippen molar-refractivity contribution in [3.05, 3.63) is 158 Å². The smallest absolute Gasteiger partial charge is 0.143 e. The molecule has 9 rings (SSSR count). The zero-order chi connectivity index (χ0) is 29.0. The second-order valence-corrected chi connectivity index (χ2v) is 11.4. The lowest BCUT2D eigenvalue weighted by molar-refractivity contribution is 0.671. The number of aromatic amines is 1. The van der Waals surface area contributed by atoms with Gasteiger partial charge in [-0.3, -0.25) is 0 Å². The number of hydrogen-bond acceptors (Lipinski definition) is 1. The molecule has 2 heteroatoms. The van der Waals surface area contributed by atoms with Crippen LogP contribution in [0.2, 0.25) is 0 Å². The normalized spacial score (nSPS) is 11.6. The predicted octanol–water partition coefficient (Wildman–Crippen LogP) is 11.9. The van der Waals surface area contributed by atoms with Gasteiger partial charge in [0, 0.05) is 43.7 Å². The Bertz CT molecular complexity index is 2470. The van der Waals surface area contributed by atoms with Crippen LogP contribution in [-0.4, -0.2) is 4.98 Å². The quantitative estimate of drug-likeness (QED) is 0.227. The fraction of sp³-hybridized carbons (Fsp3) is 0. The van der Waals surface area contributed by atoms with Crippen LogP contribution in [-0.2, 0) is 0 Å². The highest BCUT2D eigenvalue weighted by Gasteiger charge is 2.20. The third kappa shape index (κ3) is 3.96. The molecule has 0 atom stereocenters. The summed E-state index contributed by atoms with van der Waals surface area (Å²) in [6, 6.07) is 56.2. The number of furan rings is 1. The van der Waals surface area contributed by atoms with E-state index in [-0.39, 0.29) is 0 Å². The minimum Gasteiger partial charge on any atom is -0.455 e. The van der Waals surface area contributed by atoms with Crippen LogP contribution in [0.3, 0.4) is 0 Å². The zero-order valence-corrected chi connectivity index (χ0v) is 23.9. The monoisotopic (exact) mass is 561 g/mol. The van der Waals surface area contributed by atoms with Gasteiger partial charge in [0.15, 0.2) is 0 Å². The first kappa shape index (κ1) is 24.7. The van der Waals surface area contributed by atoms with Crippen LogP contribution in [0.25, 0.3) is 88.3 Å². The van der Waals surface area contributed by atoms with Gasteiger partial charge in [0.25, 0.3) is 0 Å². The first-order chi connectivity index (χ1) is 21.8. The SMILES string of the molecule is c1ccc(-c2cc(-c3ccccc3)c3oc4c(-c5ccc6c(c5)[nH]c5ccccc56)cc(-c5ccccc5)cc4c3c2)cc1. The van der Waals surface area contributed by atoms with Crippen molar-refractivity contribution in [2.45, 2.75) is 0 Å². The van der Waals surface area contributed by atoms with Gasteiger partial charge in [-0.15, -0.1) is 0 Å². The molecule has 0 aliphatic rings. The summed E-state index contributed by atoms with van der Waals surface area (Å²) in [4.78, 5) is 3.63. The molecule has 0 fully saturated rings. The highest BCUT2D eigenvalue weighted by molar-refractivity contribution is 6.16. The molecule has 9 aromatic rings. The van der Waals surface area contributed by atoms with Crippen molar-refractivity contribution in [1.29, 1.82) is 0 Å². The molecule has 0 spiro atoms. The van der Waals surface area contributed by atoms with E-state index in [1.165, 1.54) is 33.0 Å². The minimum absolute atomic E-state index is 0.900. The lowest BCUT2D eigenvalue weighted by Crippen LogP contribution is -1.85. The van der Waals surface area contributed by atoms with E-state index >= 15 is 0 Å². The third-order valence-electron chi connectivity index (χ3n) is 8.79. The molecule has 44 heavy (non-hydrogen) atoms. The first-order valence-corrected chi connectivity index (χ1v) is 15.0. The molecule has 0 aliphatic carbocycles. The summed E-state index contributed by atoms with van der Waals surface area (Å²) < 4.78 is 6.97. The molecule has 206 valence electrons. The van der Waals surface area contributed by atoms with Crippen LogP contribution in [0, 0.1) is 0 Å². The lowest BCUT2D eigenvalue weighted by atomic mass is 9.93. The number of rotatable bonds is 4. The Hall–Kier alpha value is -5.86. The molecule has 2 nitrogen and oxygen atoms in total. The Kier molecular flexibility index (Phi) is 5.54. The molecule has 2 heterocycles. The summed E-state index contributed by atoms with van der Waals surface area (Å²) >= 11 is 0. The van der Waals surface area contributed by atoms with Crippen LogP contribution in [0.5, 0.6) is 0 Å². The number of para-hydroxylation sites is 1. The van der Waals surface area contributed by atoms with E-state index in [0.717, 1.165) is 55.2 Å². The standard InChI is InChI=1S/C42H27NO/c1-4-12-27(13-5-1)31-22-35(29-16-8-3-9-17-29)41-37(24-31)38-25-32(28-14-6-2-7-15-28)23-36(42(38)44-41)30-20-21-34-33-18-10-11-19-39(33)43-40(34)26-30/h1-26,43H. The molecule has 0 bridgehead atoms. The van der Waals surface area contributed by atoms with E-state index < -0.39 is 0 Å². The van der Waals surface area contributed by atoms with Crippen molar-refractivity contribution in [3.63, 3.8) is 0 Å². The molecule has 0 unspecified atom stereocenters. The fourth-order valence-electron chi connectivity index (χ4n) is 6.64.